The van der Waals surface area contributed by atoms with E-state index in [-0.39, 0.29) is 64.2 Å². The van der Waals surface area contributed by atoms with E-state index in [0.717, 1.165) is 11.1 Å². The largest absolute Gasteiger partial charge is 0.461 e. The molecule has 2 rings (SSSR count). The molecular weight excluding hydrogens is 558 g/mol. The molecule has 0 bridgehead atoms. The van der Waals surface area contributed by atoms with Crippen LogP contribution in [0.2, 0.25) is 0 Å². The van der Waals surface area contributed by atoms with Crippen LogP contribution in [0.25, 0.3) is 0 Å². The molecule has 12 heteroatoms. The number of esters is 2. The maximum Gasteiger partial charge on any atom is 0.328 e. The topological polar surface area (TPSA) is 158 Å². The molecule has 2 unspecified atom stereocenters. The Morgan fingerprint density at radius 2 is 1.37 bits per heavy atom. The minimum atomic E-state index is -1.05. The number of hydrogen-bond acceptors (Lipinski definition) is 9. The highest BCUT2D eigenvalue weighted by atomic mass is 16.5. The first-order valence-electron chi connectivity index (χ1n) is 14.2. The highest BCUT2D eigenvalue weighted by molar-refractivity contribution is 5.85. The van der Waals surface area contributed by atoms with Crippen LogP contribution in [0.5, 0.6) is 0 Å². The first-order valence-corrected chi connectivity index (χ1v) is 14.2. The molecule has 3 N–H and O–H groups in total. The SMILES string of the molecule is CC(CCC(=O)NC(CCC(=O)OCc1ccccc1)C(=O)OCc1ccccc1)NC(=O)COCCOCCNC=O. The molecule has 0 saturated carbocycles. The van der Waals surface area contributed by atoms with Crippen LogP contribution in [0.4, 0.5) is 0 Å². The average molecular weight is 600 g/mol. The summed E-state index contributed by atoms with van der Waals surface area (Å²) in [6.45, 7) is 2.96. The van der Waals surface area contributed by atoms with Gasteiger partial charge in [-0.1, -0.05) is 60.7 Å². The van der Waals surface area contributed by atoms with Crippen LogP contribution >= 0.6 is 0 Å². The zero-order valence-electron chi connectivity index (χ0n) is 24.5. The van der Waals surface area contributed by atoms with Gasteiger partial charge >= 0.3 is 11.9 Å². The van der Waals surface area contributed by atoms with Crippen LogP contribution in [0, 0.1) is 0 Å². The highest BCUT2D eigenvalue weighted by Crippen LogP contribution is 2.09. The van der Waals surface area contributed by atoms with Gasteiger partial charge in [-0.2, -0.15) is 0 Å². The molecule has 0 spiro atoms. The van der Waals surface area contributed by atoms with Crippen LogP contribution in [0.1, 0.15) is 43.7 Å². The Morgan fingerprint density at radius 3 is 2.02 bits per heavy atom. The first-order chi connectivity index (χ1) is 20.9. The second kappa shape index (κ2) is 21.4. The van der Waals surface area contributed by atoms with Gasteiger partial charge in [0.05, 0.1) is 19.8 Å². The Balaban J connectivity index is 1.76. The maximum absolute atomic E-state index is 12.9. The van der Waals surface area contributed by atoms with Crippen molar-refractivity contribution in [3.05, 3.63) is 71.8 Å². The molecule has 0 saturated heterocycles. The second-order valence-electron chi connectivity index (χ2n) is 9.64. The van der Waals surface area contributed by atoms with Crippen LogP contribution in [-0.4, -0.2) is 75.2 Å². The summed E-state index contributed by atoms with van der Waals surface area (Å²) in [5, 5.41) is 7.88. The van der Waals surface area contributed by atoms with Crippen molar-refractivity contribution in [2.24, 2.45) is 0 Å². The number of hydrogen-bond donors (Lipinski definition) is 3. The second-order valence-corrected chi connectivity index (χ2v) is 9.64. The van der Waals surface area contributed by atoms with Crippen LogP contribution in [0.15, 0.2) is 60.7 Å². The third-order valence-electron chi connectivity index (χ3n) is 6.01. The van der Waals surface area contributed by atoms with E-state index in [9.17, 15) is 24.0 Å². The Hall–Kier alpha value is -4.29. The molecule has 0 aliphatic rings. The summed E-state index contributed by atoms with van der Waals surface area (Å²) >= 11 is 0. The number of amides is 3. The van der Waals surface area contributed by atoms with Gasteiger partial charge in [-0.25, -0.2) is 4.79 Å². The van der Waals surface area contributed by atoms with Crippen LogP contribution in [-0.2, 0) is 56.1 Å². The molecule has 234 valence electrons. The van der Waals surface area contributed by atoms with Gasteiger partial charge in [0.1, 0.15) is 25.9 Å². The lowest BCUT2D eigenvalue weighted by Crippen LogP contribution is -2.43. The number of ether oxygens (including phenoxy) is 4. The van der Waals surface area contributed by atoms with Gasteiger partial charge < -0.3 is 34.9 Å². The molecule has 0 aliphatic heterocycles. The van der Waals surface area contributed by atoms with Crippen LogP contribution in [0.3, 0.4) is 0 Å². The molecular formula is C31H41N3O9. The molecule has 43 heavy (non-hydrogen) atoms. The highest BCUT2D eigenvalue weighted by Gasteiger charge is 2.24. The van der Waals surface area contributed by atoms with Gasteiger partial charge in [0.2, 0.25) is 18.2 Å². The quantitative estimate of drug-likeness (QED) is 0.104. The van der Waals surface area contributed by atoms with E-state index in [1.165, 1.54) is 0 Å². The maximum atomic E-state index is 12.9. The van der Waals surface area contributed by atoms with Crippen molar-refractivity contribution in [2.45, 2.75) is 57.9 Å². The summed E-state index contributed by atoms with van der Waals surface area (Å²) in [5.74, 6) is -1.92. The van der Waals surface area contributed by atoms with E-state index >= 15 is 0 Å². The zero-order valence-corrected chi connectivity index (χ0v) is 24.5. The van der Waals surface area contributed by atoms with E-state index in [1.54, 1.807) is 6.92 Å². The Kier molecular flexibility index (Phi) is 17.4. The number of benzene rings is 2. The molecule has 0 radical (unpaired) electrons. The molecule has 0 aromatic heterocycles. The Bertz CT molecular complexity index is 1120. The molecule has 12 nitrogen and oxygen atoms in total. The Morgan fingerprint density at radius 1 is 0.744 bits per heavy atom. The molecule has 0 aliphatic carbocycles. The first kappa shape index (κ1) is 34.9. The normalized spacial score (nSPS) is 11.9. The monoisotopic (exact) mass is 599 g/mol. The van der Waals surface area contributed by atoms with Crippen molar-refractivity contribution in [2.75, 3.05) is 33.0 Å². The minimum Gasteiger partial charge on any atom is -0.461 e. The number of carbonyl (C=O) groups is 5. The van der Waals surface area contributed by atoms with E-state index in [4.69, 9.17) is 18.9 Å². The van der Waals surface area contributed by atoms with Gasteiger partial charge in [0, 0.05) is 25.4 Å². The summed E-state index contributed by atoms with van der Waals surface area (Å²) in [5.41, 5.74) is 1.63. The molecule has 2 aromatic rings. The molecule has 0 fully saturated rings. The third kappa shape index (κ3) is 16.7. The van der Waals surface area contributed by atoms with E-state index in [1.807, 2.05) is 60.7 Å². The number of rotatable bonds is 22. The van der Waals surface area contributed by atoms with Crippen molar-refractivity contribution in [3.8, 4) is 0 Å². The minimum absolute atomic E-state index is 0.00786. The Labute approximate surface area is 251 Å². The smallest absolute Gasteiger partial charge is 0.328 e. The van der Waals surface area contributed by atoms with E-state index < -0.39 is 23.9 Å². The summed E-state index contributed by atoms with van der Waals surface area (Å²) in [4.78, 5) is 60.1. The van der Waals surface area contributed by atoms with Gasteiger partial charge in [0.25, 0.3) is 0 Å². The predicted molar refractivity (Wildman–Crippen MR) is 156 cm³/mol. The summed E-state index contributed by atoms with van der Waals surface area (Å²) in [6, 6.07) is 17.0. The molecule has 0 heterocycles. The van der Waals surface area contributed by atoms with Gasteiger partial charge in [-0.15, -0.1) is 0 Å². The number of nitrogens with one attached hydrogen (secondary N) is 3. The molecule has 2 aromatic carbocycles. The van der Waals surface area contributed by atoms with Crippen molar-refractivity contribution < 1.29 is 42.9 Å². The third-order valence-corrected chi connectivity index (χ3v) is 6.01. The lowest BCUT2D eigenvalue weighted by atomic mass is 10.1. The fourth-order valence-corrected chi connectivity index (χ4v) is 3.73. The standard InChI is InChI=1S/C31H41N3O9/c1-24(33-29(37)22-41-19-18-40-17-16-32-23-35)12-14-28(36)34-27(31(39)43-21-26-10-6-3-7-11-26)13-15-30(38)42-20-25-8-4-2-5-9-25/h2-11,23-24,27H,12-22H2,1H3,(H,32,35)(H,33,37)(H,34,36). The predicted octanol–water partition coefficient (Wildman–Crippen LogP) is 1.80. The molecule has 3 amide bonds. The van der Waals surface area contributed by atoms with Crippen LogP contribution < -0.4 is 16.0 Å². The fourth-order valence-electron chi connectivity index (χ4n) is 3.73. The molecule has 2 atom stereocenters. The van der Waals surface area contributed by atoms with Crippen molar-refractivity contribution in [1.82, 2.24) is 16.0 Å². The van der Waals surface area contributed by atoms with E-state index in [0.29, 0.717) is 26.0 Å². The summed E-state index contributed by atoms with van der Waals surface area (Å²) in [6.07, 6.45) is 0.849. The van der Waals surface area contributed by atoms with Crippen molar-refractivity contribution >= 4 is 30.2 Å². The van der Waals surface area contributed by atoms with Gasteiger partial charge in [-0.05, 0) is 30.9 Å². The zero-order chi connectivity index (χ0) is 31.1. The van der Waals surface area contributed by atoms with Gasteiger partial charge in [-0.3, -0.25) is 19.2 Å². The lowest BCUT2D eigenvalue weighted by molar-refractivity contribution is -0.150. The summed E-state index contributed by atoms with van der Waals surface area (Å²) in [7, 11) is 0. The number of carbonyl (C=O) groups excluding carboxylic acids is 5. The van der Waals surface area contributed by atoms with Crippen molar-refractivity contribution in [1.29, 1.82) is 0 Å². The fraction of sp³-hybridized carbons (Fsp3) is 0.452. The average Bonchev–Trinajstić information content (AvgIpc) is 3.02. The van der Waals surface area contributed by atoms with Crippen molar-refractivity contribution in [3.63, 3.8) is 0 Å². The van der Waals surface area contributed by atoms with E-state index in [2.05, 4.69) is 16.0 Å². The lowest BCUT2D eigenvalue weighted by Gasteiger charge is -2.19. The van der Waals surface area contributed by atoms with Gasteiger partial charge in [0.15, 0.2) is 0 Å². The summed E-state index contributed by atoms with van der Waals surface area (Å²) < 4.78 is 21.2.